The van der Waals surface area contributed by atoms with Gasteiger partial charge in [0, 0.05) is 12.7 Å². The number of carbonyl (C=O) groups is 1. The van der Waals surface area contributed by atoms with E-state index in [4.69, 9.17) is 10.6 Å². The second-order valence-electron chi connectivity index (χ2n) is 5.66. The number of rotatable bonds is 6. The van der Waals surface area contributed by atoms with Gasteiger partial charge < -0.3 is 15.9 Å². The SMILES string of the molecule is NC(=O)c1cnc(On2nnc3ccccc32)nc1NCc1ccccc1. The van der Waals surface area contributed by atoms with Gasteiger partial charge in [-0.3, -0.25) is 4.79 Å². The van der Waals surface area contributed by atoms with Gasteiger partial charge in [0.15, 0.2) is 0 Å². The van der Waals surface area contributed by atoms with Crippen molar-refractivity contribution in [2.45, 2.75) is 6.54 Å². The van der Waals surface area contributed by atoms with E-state index < -0.39 is 5.91 Å². The predicted octanol–water partition coefficient (Wildman–Crippen LogP) is 1.77. The average molecular weight is 361 g/mol. The molecule has 1 amide bonds. The number of aromatic nitrogens is 5. The Hall–Kier alpha value is -4.01. The number of hydrogen-bond acceptors (Lipinski definition) is 7. The summed E-state index contributed by atoms with van der Waals surface area (Å²) in [5.74, 6) is -0.357. The number of primary amides is 1. The van der Waals surface area contributed by atoms with Crippen LogP contribution >= 0.6 is 0 Å². The van der Waals surface area contributed by atoms with Crippen LogP contribution in [-0.4, -0.2) is 31.0 Å². The molecule has 9 nitrogen and oxygen atoms in total. The van der Waals surface area contributed by atoms with Gasteiger partial charge in [0.25, 0.3) is 5.91 Å². The summed E-state index contributed by atoms with van der Waals surface area (Å²) in [6, 6.07) is 17.0. The number of hydrogen-bond donors (Lipinski definition) is 2. The molecule has 0 bridgehead atoms. The second kappa shape index (κ2) is 7.08. The van der Waals surface area contributed by atoms with Crippen LogP contribution < -0.4 is 15.9 Å². The Balaban J connectivity index is 1.61. The van der Waals surface area contributed by atoms with Crippen molar-refractivity contribution in [3.8, 4) is 6.01 Å². The molecule has 0 atom stereocenters. The van der Waals surface area contributed by atoms with Crippen molar-refractivity contribution in [1.82, 2.24) is 25.1 Å². The maximum absolute atomic E-state index is 11.7. The molecule has 0 saturated carbocycles. The zero-order chi connectivity index (χ0) is 18.6. The predicted molar refractivity (Wildman–Crippen MR) is 97.9 cm³/mol. The Morgan fingerprint density at radius 3 is 2.70 bits per heavy atom. The van der Waals surface area contributed by atoms with Gasteiger partial charge in [0.1, 0.15) is 22.4 Å². The Morgan fingerprint density at radius 1 is 1.11 bits per heavy atom. The van der Waals surface area contributed by atoms with Crippen molar-refractivity contribution >= 4 is 22.8 Å². The van der Waals surface area contributed by atoms with E-state index in [-0.39, 0.29) is 17.4 Å². The fourth-order valence-corrected chi connectivity index (χ4v) is 2.50. The fraction of sp³-hybridized carbons (Fsp3) is 0.0556. The Kier molecular flexibility index (Phi) is 4.32. The number of amides is 1. The number of fused-ring (bicyclic) bond motifs is 1. The van der Waals surface area contributed by atoms with Crippen LogP contribution in [0.3, 0.4) is 0 Å². The molecule has 0 spiro atoms. The maximum atomic E-state index is 11.7. The summed E-state index contributed by atoms with van der Waals surface area (Å²) in [6.45, 7) is 0.462. The van der Waals surface area contributed by atoms with E-state index in [1.807, 2.05) is 54.6 Å². The third-order valence-electron chi connectivity index (χ3n) is 3.82. The molecule has 4 aromatic rings. The number of para-hydroxylation sites is 1. The fourth-order valence-electron chi connectivity index (χ4n) is 2.50. The van der Waals surface area contributed by atoms with Crippen LogP contribution in [0.5, 0.6) is 6.01 Å². The molecule has 134 valence electrons. The molecule has 0 aliphatic rings. The summed E-state index contributed by atoms with van der Waals surface area (Å²) >= 11 is 0. The minimum Gasteiger partial charge on any atom is -0.365 e. The van der Waals surface area contributed by atoms with Gasteiger partial charge in [0.2, 0.25) is 0 Å². The van der Waals surface area contributed by atoms with E-state index in [0.717, 1.165) is 5.56 Å². The zero-order valence-electron chi connectivity index (χ0n) is 14.1. The number of nitrogens with one attached hydrogen (secondary N) is 1. The summed E-state index contributed by atoms with van der Waals surface area (Å²) in [7, 11) is 0. The molecule has 0 aliphatic heterocycles. The van der Waals surface area contributed by atoms with E-state index in [1.165, 1.54) is 11.0 Å². The number of carbonyl (C=O) groups excluding carboxylic acids is 1. The van der Waals surface area contributed by atoms with Crippen molar-refractivity contribution in [3.63, 3.8) is 0 Å². The first-order chi connectivity index (χ1) is 13.2. The molecular formula is C18H15N7O2. The first kappa shape index (κ1) is 16.5. The largest absolute Gasteiger partial charge is 0.365 e. The summed E-state index contributed by atoms with van der Waals surface area (Å²) in [5, 5.41) is 11.0. The standard InChI is InChI=1S/C18H15N7O2/c19-16(26)13-11-21-18(22-17(13)20-10-12-6-2-1-3-7-12)27-25-15-9-5-4-8-14(15)23-24-25/h1-9,11H,10H2,(H2,19,26)(H,20,21,22). The molecule has 3 N–H and O–H groups in total. The maximum Gasteiger partial charge on any atom is 0.347 e. The van der Waals surface area contributed by atoms with Crippen LogP contribution in [0.1, 0.15) is 15.9 Å². The van der Waals surface area contributed by atoms with Gasteiger partial charge in [-0.1, -0.05) is 47.3 Å². The molecule has 0 saturated heterocycles. The van der Waals surface area contributed by atoms with Gasteiger partial charge in [-0.05, 0) is 22.9 Å². The van der Waals surface area contributed by atoms with Crippen molar-refractivity contribution < 1.29 is 9.63 Å². The Morgan fingerprint density at radius 2 is 1.89 bits per heavy atom. The van der Waals surface area contributed by atoms with Gasteiger partial charge in [0.05, 0.1) is 0 Å². The van der Waals surface area contributed by atoms with Crippen molar-refractivity contribution in [3.05, 3.63) is 71.9 Å². The molecule has 2 aromatic carbocycles. The lowest BCUT2D eigenvalue weighted by molar-refractivity contribution is 0.1000. The van der Waals surface area contributed by atoms with Crippen LogP contribution in [0, 0.1) is 0 Å². The van der Waals surface area contributed by atoms with E-state index in [9.17, 15) is 4.79 Å². The molecule has 27 heavy (non-hydrogen) atoms. The second-order valence-corrected chi connectivity index (χ2v) is 5.66. The molecule has 4 rings (SSSR count). The highest BCUT2D eigenvalue weighted by Crippen LogP contribution is 2.17. The summed E-state index contributed by atoms with van der Waals surface area (Å²) in [4.78, 5) is 26.8. The van der Waals surface area contributed by atoms with Crippen molar-refractivity contribution in [1.29, 1.82) is 0 Å². The molecule has 0 fully saturated rings. The van der Waals surface area contributed by atoms with Gasteiger partial charge >= 0.3 is 6.01 Å². The van der Waals surface area contributed by atoms with Crippen LogP contribution in [0.15, 0.2) is 60.8 Å². The van der Waals surface area contributed by atoms with Crippen molar-refractivity contribution in [2.75, 3.05) is 5.32 Å². The van der Waals surface area contributed by atoms with E-state index in [1.54, 1.807) is 0 Å². The van der Waals surface area contributed by atoms with Gasteiger partial charge in [-0.15, -0.1) is 5.10 Å². The molecule has 0 unspecified atom stereocenters. The summed E-state index contributed by atoms with van der Waals surface area (Å²) < 4.78 is 0. The highest BCUT2D eigenvalue weighted by atomic mass is 16.7. The highest BCUT2D eigenvalue weighted by Gasteiger charge is 2.14. The molecule has 9 heteroatoms. The van der Waals surface area contributed by atoms with Crippen LogP contribution in [0.25, 0.3) is 11.0 Å². The minimum absolute atomic E-state index is 0.00575. The zero-order valence-corrected chi connectivity index (χ0v) is 14.1. The van der Waals surface area contributed by atoms with Gasteiger partial charge in [-0.2, -0.15) is 4.98 Å². The lowest BCUT2D eigenvalue weighted by Crippen LogP contribution is -2.18. The number of anilines is 1. The van der Waals surface area contributed by atoms with E-state index >= 15 is 0 Å². The van der Waals surface area contributed by atoms with Crippen LogP contribution in [0.2, 0.25) is 0 Å². The minimum atomic E-state index is -0.636. The number of nitrogens with zero attached hydrogens (tertiary/aromatic N) is 5. The molecule has 0 radical (unpaired) electrons. The van der Waals surface area contributed by atoms with Gasteiger partial charge in [-0.25, -0.2) is 4.98 Å². The van der Waals surface area contributed by atoms with Crippen molar-refractivity contribution in [2.24, 2.45) is 5.73 Å². The molecule has 0 aliphatic carbocycles. The lowest BCUT2D eigenvalue weighted by Gasteiger charge is -2.10. The quantitative estimate of drug-likeness (QED) is 0.537. The third kappa shape index (κ3) is 3.52. The summed E-state index contributed by atoms with van der Waals surface area (Å²) in [5.41, 5.74) is 7.95. The highest BCUT2D eigenvalue weighted by molar-refractivity contribution is 5.97. The average Bonchev–Trinajstić information content (AvgIpc) is 3.10. The number of benzene rings is 2. The first-order valence-corrected chi connectivity index (χ1v) is 8.14. The first-order valence-electron chi connectivity index (χ1n) is 8.14. The molecule has 2 heterocycles. The Labute approximate surface area is 153 Å². The monoisotopic (exact) mass is 361 g/mol. The normalized spacial score (nSPS) is 10.7. The van der Waals surface area contributed by atoms with E-state index in [0.29, 0.717) is 17.6 Å². The topological polar surface area (TPSA) is 121 Å². The van der Waals surface area contributed by atoms with Crippen LogP contribution in [-0.2, 0) is 6.54 Å². The smallest absolute Gasteiger partial charge is 0.347 e. The van der Waals surface area contributed by atoms with E-state index in [2.05, 4.69) is 25.6 Å². The lowest BCUT2D eigenvalue weighted by atomic mass is 10.2. The van der Waals surface area contributed by atoms with Crippen LogP contribution in [0.4, 0.5) is 5.82 Å². The number of nitrogens with two attached hydrogens (primary N) is 1. The Bertz CT molecular complexity index is 1100. The molecule has 2 aromatic heterocycles. The third-order valence-corrected chi connectivity index (χ3v) is 3.82. The summed E-state index contributed by atoms with van der Waals surface area (Å²) in [6.07, 6.45) is 1.32. The molecular weight excluding hydrogens is 346 g/mol.